The lowest BCUT2D eigenvalue weighted by atomic mass is 10.1. The molecule has 0 aliphatic carbocycles. The van der Waals surface area contributed by atoms with Crippen molar-refractivity contribution in [2.45, 2.75) is 19.3 Å². The lowest BCUT2D eigenvalue weighted by Crippen LogP contribution is -2.38. The first-order chi connectivity index (χ1) is 15.2. The van der Waals surface area contributed by atoms with Gasteiger partial charge in [-0.05, 0) is 36.2 Å². The number of halogens is 1. The molecule has 1 aliphatic heterocycles. The number of hydrogen-bond donors (Lipinski definition) is 1. The van der Waals surface area contributed by atoms with Gasteiger partial charge in [0.2, 0.25) is 17.7 Å². The van der Waals surface area contributed by atoms with Gasteiger partial charge in [-0.3, -0.25) is 9.69 Å². The summed E-state index contributed by atoms with van der Waals surface area (Å²) in [6, 6.07) is 9.89. The Labute approximate surface area is 179 Å². The van der Waals surface area contributed by atoms with E-state index in [1.54, 1.807) is 24.4 Å². The quantitative estimate of drug-likeness (QED) is 0.593. The number of ether oxygens (including phenoxy) is 1. The first-order valence-electron chi connectivity index (χ1n) is 10.3. The second-order valence-corrected chi connectivity index (χ2v) is 7.31. The number of benzene rings is 1. The minimum Gasteiger partial charge on any atom is -0.421 e. The van der Waals surface area contributed by atoms with E-state index in [0.717, 1.165) is 18.7 Å². The minimum atomic E-state index is -0.264. The molecule has 162 valence electrons. The maximum absolute atomic E-state index is 13.3. The van der Waals surface area contributed by atoms with E-state index < -0.39 is 0 Å². The summed E-state index contributed by atoms with van der Waals surface area (Å²) in [5.74, 6) is 0.883. The molecule has 1 N–H and O–H groups in total. The summed E-state index contributed by atoms with van der Waals surface area (Å²) < 4.78 is 24.3. The van der Waals surface area contributed by atoms with Gasteiger partial charge in [0.25, 0.3) is 0 Å². The minimum absolute atomic E-state index is 0.0996. The number of pyridine rings is 1. The lowest BCUT2D eigenvalue weighted by molar-refractivity contribution is -0.116. The van der Waals surface area contributed by atoms with Crippen molar-refractivity contribution in [3.05, 3.63) is 59.9 Å². The van der Waals surface area contributed by atoms with Gasteiger partial charge < -0.3 is 14.5 Å². The number of nitrogens with zero attached hydrogens (tertiary/aromatic N) is 4. The molecular formula is C22H24FN5O3. The van der Waals surface area contributed by atoms with E-state index in [1.165, 1.54) is 12.1 Å². The number of aryl methyl sites for hydroxylation is 2. The highest BCUT2D eigenvalue weighted by molar-refractivity contribution is 5.90. The Hall–Kier alpha value is -3.17. The number of carbonyl (C=O) groups is 1. The van der Waals surface area contributed by atoms with Crippen molar-refractivity contribution in [1.82, 2.24) is 20.1 Å². The molecule has 8 nitrogen and oxygen atoms in total. The van der Waals surface area contributed by atoms with Gasteiger partial charge in [-0.25, -0.2) is 9.37 Å². The van der Waals surface area contributed by atoms with Crippen LogP contribution in [0.4, 0.5) is 10.2 Å². The summed E-state index contributed by atoms with van der Waals surface area (Å²) in [6.07, 6.45) is 3.08. The number of morpholine rings is 1. The molecule has 0 spiro atoms. The van der Waals surface area contributed by atoms with Gasteiger partial charge in [-0.15, -0.1) is 10.2 Å². The predicted octanol–water partition coefficient (Wildman–Crippen LogP) is 2.72. The zero-order chi connectivity index (χ0) is 21.5. The fourth-order valence-electron chi connectivity index (χ4n) is 3.34. The first kappa shape index (κ1) is 21.1. The molecular weight excluding hydrogens is 401 g/mol. The summed E-state index contributed by atoms with van der Waals surface area (Å²) >= 11 is 0. The zero-order valence-electron chi connectivity index (χ0n) is 17.1. The van der Waals surface area contributed by atoms with Crippen LogP contribution >= 0.6 is 0 Å². The van der Waals surface area contributed by atoms with Gasteiger partial charge in [0.05, 0.1) is 13.2 Å². The van der Waals surface area contributed by atoms with E-state index in [9.17, 15) is 9.18 Å². The average Bonchev–Trinajstić information content (AvgIpc) is 3.27. The number of amides is 1. The molecule has 0 unspecified atom stereocenters. The number of hydrogen-bond acceptors (Lipinski definition) is 7. The fraction of sp³-hybridized carbons (Fsp3) is 0.364. The van der Waals surface area contributed by atoms with Crippen molar-refractivity contribution in [2.75, 3.05) is 38.2 Å². The molecule has 1 saturated heterocycles. The Bertz CT molecular complexity index is 1020. The van der Waals surface area contributed by atoms with Crippen LogP contribution < -0.4 is 5.32 Å². The molecule has 1 fully saturated rings. The molecule has 9 heteroatoms. The monoisotopic (exact) mass is 425 g/mol. The Morgan fingerprint density at radius 2 is 2.00 bits per heavy atom. The van der Waals surface area contributed by atoms with Gasteiger partial charge >= 0.3 is 0 Å². The predicted molar refractivity (Wildman–Crippen MR) is 112 cm³/mol. The first-order valence-corrected chi connectivity index (χ1v) is 10.3. The van der Waals surface area contributed by atoms with E-state index in [1.807, 2.05) is 6.07 Å². The van der Waals surface area contributed by atoms with Crippen LogP contribution in [0.5, 0.6) is 0 Å². The van der Waals surface area contributed by atoms with Gasteiger partial charge in [0.15, 0.2) is 0 Å². The van der Waals surface area contributed by atoms with E-state index in [0.29, 0.717) is 62.2 Å². The molecule has 3 heterocycles. The van der Waals surface area contributed by atoms with Crippen LogP contribution in [-0.4, -0.2) is 58.8 Å². The third-order valence-electron chi connectivity index (χ3n) is 5.02. The van der Waals surface area contributed by atoms with Gasteiger partial charge in [0, 0.05) is 44.2 Å². The highest BCUT2D eigenvalue weighted by Crippen LogP contribution is 2.21. The van der Waals surface area contributed by atoms with Crippen molar-refractivity contribution >= 4 is 11.7 Å². The summed E-state index contributed by atoms with van der Waals surface area (Å²) in [7, 11) is 0. The van der Waals surface area contributed by atoms with Crippen molar-refractivity contribution in [1.29, 1.82) is 0 Å². The average molecular weight is 425 g/mol. The SMILES string of the molecule is O=C(CCN1CCOCC1)Nc1cc(-c2nnc(CCc3cccc(F)c3)o2)ccn1. The number of carbonyl (C=O) groups excluding carboxylic acids is 1. The van der Waals surface area contributed by atoms with Gasteiger partial charge in [0.1, 0.15) is 11.6 Å². The van der Waals surface area contributed by atoms with Crippen LogP contribution in [0.25, 0.3) is 11.5 Å². The van der Waals surface area contributed by atoms with Crippen LogP contribution in [0.15, 0.2) is 47.0 Å². The normalized spacial score (nSPS) is 14.5. The third-order valence-corrected chi connectivity index (χ3v) is 5.02. The molecule has 1 aliphatic rings. The van der Waals surface area contributed by atoms with Crippen molar-refractivity contribution in [3.63, 3.8) is 0 Å². The highest BCUT2D eigenvalue weighted by Gasteiger charge is 2.14. The Morgan fingerprint density at radius 3 is 2.84 bits per heavy atom. The summed E-state index contributed by atoms with van der Waals surface area (Å²) in [4.78, 5) is 18.7. The topological polar surface area (TPSA) is 93.4 Å². The molecule has 2 aromatic heterocycles. The Kier molecular flexibility index (Phi) is 6.96. The van der Waals surface area contributed by atoms with E-state index in [4.69, 9.17) is 9.15 Å². The van der Waals surface area contributed by atoms with Crippen LogP contribution in [0, 0.1) is 5.82 Å². The number of rotatable bonds is 8. The molecule has 1 aromatic carbocycles. The molecule has 31 heavy (non-hydrogen) atoms. The second-order valence-electron chi connectivity index (χ2n) is 7.31. The Balaban J connectivity index is 1.32. The number of aromatic nitrogens is 3. The molecule has 0 radical (unpaired) electrons. The standard InChI is InChI=1S/C22H24FN5O3/c23-18-3-1-2-16(14-18)4-5-21-26-27-22(31-21)17-6-8-24-19(15-17)25-20(29)7-9-28-10-12-30-13-11-28/h1-3,6,8,14-15H,4-5,7,9-13H2,(H,24,25,29). The van der Waals surface area contributed by atoms with Crippen LogP contribution in [0.3, 0.4) is 0 Å². The molecule has 0 saturated carbocycles. The van der Waals surface area contributed by atoms with Crippen molar-refractivity contribution < 1.29 is 18.3 Å². The van der Waals surface area contributed by atoms with Crippen LogP contribution in [0.1, 0.15) is 17.9 Å². The summed E-state index contributed by atoms with van der Waals surface area (Å²) in [5, 5.41) is 11.0. The molecule has 0 atom stereocenters. The van der Waals surface area contributed by atoms with Crippen molar-refractivity contribution in [2.24, 2.45) is 0 Å². The van der Waals surface area contributed by atoms with Crippen molar-refractivity contribution in [3.8, 4) is 11.5 Å². The molecule has 0 bridgehead atoms. The maximum atomic E-state index is 13.3. The second kappa shape index (κ2) is 10.2. The third kappa shape index (κ3) is 6.16. The Morgan fingerprint density at radius 1 is 1.13 bits per heavy atom. The number of nitrogens with one attached hydrogen (secondary N) is 1. The van der Waals surface area contributed by atoms with Gasteiger partial charge in [-0.2, -0.15) is 0 Å². The van der Waals surface area contributed by atoms with Crippen LogP contribution in [-0.2, 0) is 22.4 Å². The maximum Gasteiger partial charge on any atom is 0.247 e. The summed E-state index contributed by atoms with van der Waals surface area (Å²) in [6.45, 7) is 3.80. The van der Waals surface area contributed by atoms with Gasteiger partial charge in [-0.1, -0.05) is 12.1 Å². The molecule has 3 aromatic rings. The molecule has 1 amide bonds. The van der Waals surface area contributed by atoms with E-state index in [-0.39, 0.29) is 11.7 Å². The molecule has 4 rings (SSSR count). The highest BCUT2D eigenvalue weighted by atomic mass is 19.1. The lowest BCUT2D eigenvalue weighted by Gasteiger charge is -2.26. The zero-order valence-corrected chi connectivity index (χ0v) is 17.1. The van der Waals surface area contributed by atoms with E-state index in [2.05, 4.69) is 25.4 Å². The largest absolute Gasteiger partial charge is 0.421 e. The summed E-state index contributed by atoms with van der Waals surface area (Å²) in [5.41, 5.74) is 1.54. The fourth-order valence-corrected chi connectivity index (χ4v) is 3.34. The van der Waals surface area contributed by atoms with Crippen LogP contribution in [0.2, 0.25) is 0 Å². The number of anilines is 1. The smallest absolute Gasteiger partial charge is 0.247 e. The van der Waals surface area contributed by atoms with E-state index >= 15 is 0 Å².